The van der Waals surface area contributed by atoms with Crippen molar-refractivity contribution in [3.05, 3.63) is 82.2 Å². The van der Waals surface area contributed by atoms with Gasteiger partial charge in [0.15, 0.2) is 5.78 Å². The standard InChI is InChI=1S/C19H12Cl2N4O/c20-15-6-3-12(9-16(15)21)17(26)11-1-4-13(5-2-11)25-19-14-7-8-22-18(14)23-10-24-19/h1-10H,(H2,22,23,24,25). The molecule has 5 nitrogen and oxygen atoms in total. The van der Waals surface area contributed by atoms with Crippen LogP contribution in [-0.2, 0) is 0 Å². The van der Waals surface area contributed by atoms with Crippen molar-refractivity contribution in [1.82, 2.24) is 15.0 Å². The fourth-order valence-electron chi connectivity index (χ4n) is 2.62. The Morgan fingerprint density at radius 2 is 1.69 bits per heavy atom. The van der Waals surface area contributed by atoms with E-state index in [9.17, 15) is 4.79 Å². The van der Waals surface area contributed by atoms with Crippen molar-refractivity contribution < 1.29 is 4.79 Å². The Bertz CT molecular complexity index is 1110. The Hall–Kier alpha value is -2.89. The molecule has 2 N–H and O–H groups in total. The minimum absolute atomic E-state index is 0.120. The van der Waals surface area contributed by atoms with Crippen LogP contribution in [0, 0.1) is 0 Å². The van der Waals surface area contributed by atoms with Crippen LogP contribution in [0.4, 0.5) is 11.5 Å². The summed E-state index contributed by atoms with van der Waals surface area (Å²) in [6.45, 7) is 0. The number of hydrogen-bond acceptors (Lipinski definition) is 4. The van der Waals surface area contributed by atoms with Crippen LogP contribution in [0.15, 0.2) is 61.1 Å². The molecule has 0 spiro atoms. The van der Waals surface area contributed by atoms with Crippen LogP contribution in [0.2, 0.25) is 10.0 Å². The summed E-state index contributed by atoms with van der Waals surface area (Å²) < 4.78 is 0. The second-order valence-corrected chi connectivity index (χ2v) is 6.44. The van der Waals surface area contributed by atoms with Crippen LogP contribution >= 0.6 is 23.2 Å². The molecule has 7 heteroatoms. The van der Waals surface area contributed by atoms with E-state index in [1.54, 1.807) is 30.3 Å². The number of H-pyrrole nitrogens is 1. The van der Waals surface area contributed by atoms with Gasteiger partial charge in [0.1, 0.15) is 17.8 Å². The van der Waals surface area contributed by atoms with Gasteiger partial charge in [-0.1, -0.05) is 23.2 Å². The third kappa shape index (κ3) is 3.14. The molecule has 0 unspecified atom stereocenters. The first-order valence-corrected chi connectivity index (χ1v) is 8.52. The first-order chi connectivity index (χ1) is 12.6. The smallest absolute Gasteiger partial charge is 0.193 e. The number of benzene rings is 2. The molecular formula is C19H12Cl2N4O. The summed E-state index contributed by atoms with van der Waals surface area (Å²) in [5.41, 5.74) is 2.62. The van der Waals surface area contributed by atoms with E-state index in [1.165, 1.54) is 6.33 Å². The number of aromatic amines is 1. The maximum Gasteiger partial charge on any atom is 0.193 e. The van der Waals surface area contributed by atoms with Gasteiger partial charge in [-0.05, 0) is 48.5 Å². The highest BCUT2D eigenvalue weighted by atomic mass is 35.5. The largest absolute Gasteiger partial charge is 0.346 e. The highest BCUT2D eigenvalue weighted by Gasteiger charge is 2.11. The summed E-state index contributed by atoms with van der Waals surface area (Å²) in [5.74, 6) is 0.574. The highest BCUT2D eigenvalue weighted by Crippen LogP contribution is 2.25. The van der Waals surface area contributed by atoms with Gasteiger partial charge >= 0.3 is 0 Å². The summed E-state index contributed by atoms with van der Waals surface area (Å²) in [6, 6.07) is 13.9. The van der Waals surface area contributed by atoms with Crippen molar-refractivity contribution in [2.24, 2.45) is 0 Å². The van der Waals surface area contributed by atoms with Crippen LogP contribution in [-0.4, -0.2) is 20.7 Å². The Labute approximate surface area is 159 Å². The van der Waals surface area contributed by atoms with E-state index in [4.69, 9.17) is 23.2 Å². The molecule has 0 fully saturated rings. The Kier molecular flexibility index (Phi) is 4.32. The van der Waals surface area contributed by atoms with E-state index < -0.39 is 0 Å². The number of hydrogen-bond donors (Lipinski definition) is 2. The Morgan fingerprint density at radius 3 is 2.46 bits per heavy atom. The minimum atomic E-state index is -0.120. The van der Waals surface area contributed by atoms with Gasteiger partial charge in [-0.3, -0.25) is 4.79 Å². The van der Waals surface area contributed by atoms with Crippen LogP contribution in [0.25, 0.3) is 11.0 Å². The predicted octanol–water partition coefficient (Wildman–Crippen LogP) is 5.24. The molecule has 0 aliphatic heterocycles. The van der Waals surface area contributed by atoms with Crippen LogP contribution in [0.5, 0.6) is 0 Å². The van der Waals surface area contributed by atoms with E-state index in [-0.39, 0.29) is 5.78 Å². The van der Waals surface area contributed by atoms with E-state index in [0.29, 0.717) is 27.0 Å². The molecule has 0 aliphatic rings. The molecule has 2 aromatic heterocycles. The van der Waals surface area contributed by atoms with Crippen LogP contribution in [0.1, 0.15) is 15.9 Å². The van der Waals surface area contributed by atoms with Crippen molar-refractivity contribution in [1.29, 1.82) is 0 Å². The SMILES string of the molecule is O=C(c1ccc(Nc2ncnc3[nH]ccc23)cc1)c1ccc(Cl)c(Cl)c1. The molecule has 0 radical (unpaired) electrons. The molecule has 4 aromatic rings. The third-order valence-corrected chi connectivity index (χ3v) is 4.68. The molecule has 4 rings (SSSR count). The van der Waals surface area contributed by atoms with E-state index in [1.807, 2.05) is 24.4 Å². The Balaban J connectivity index is 1.57. The number of nitrogens with zero attached hydrogens (tertiary/aromatic N) is 2. The number of rotatable bonds is 4. The summed E-state index contributed by atoms with van der Waals surface area (Å²) in [6.07, 6.45) is 3.30. The third-order valence-electron chi connectivity index (χ3n) is 3.95. The molecule has 2 aromatic carbocycles. The number of fused-ring (bicyclic) bond motifs is 1. The maximum atomic E-state index is 12.6. The number of carbonyl (C=O) groups is 1. The lowest BCUT2D eigenvalue weighted by Crippen LogP contribution is -2.02. The average molecular weight is 383 g/mol. The monoisotopic (exact) mass is 382 g/mol. The molecule has 0 bridgehead atoms. The highest BCUT2D eigenvalue weighted by molar-refractivity contribution is 6.42. The van der Waals surface area contributed by atoms with Gasteiger partial charge in [-0.2, -0.15) is 0 Å². The molecule has 128 valence electrons. The van der Waals surface area contributed by atoms with Gasteiger partial charge < -0.3 is 10.3 Å². The molecule has 0 atom stereocenters. The zero-order chi connectivity index (χ0) is 18.1. The van der Waals surface area contributed by atoms with Gasteiger partial charge in [-0.25, -0.2) is 9.97 Å². The van der Waals surface area contributed by atoms with Gasteiger partial charge in [0.2, 0.25) is 0 Å². The predicted molar refractivity (Wildman–Crippen MR) is 104 cm³/mol. The first-order valence-electron chi connectivity index (χ1n) is 7.77. The van der Waals surface area contributed by atoms with Crippen molar-refractivity contribution in [3.8, 4) is 0 Å². The number of carbonyl (C=O) groups excluding carboxylic acids is 1. The number of anilines is 2. The summed E-state index contributed by atoms with van der Waals surface area (Å²) >= 11 is 11.9. The van der Waals surface area contributed by atoms with Gasteiger partial charge in [-0.15, -0.1) is 0 Å². The molecule has 26 heavy (non-hydrogen) atoms. The minimum Gasteiger partial charge on any atom is -0.346 e. The van der Waals surface area contributed by atoms with Crippen molar-refractivity contribution in [3.63, 3.8) is 0 Å². The van der Waals surface area contributed by atoms with E-state index >= 15 is 0 Å². The molecular weight excluding hydrogens is 371 g/mol. The van der Waals surface area contributed by atoms with Crippen molar-refractivity contribution in [2.45, 2.75) is 0 Å². The quantitative estimate of drug-likeness (QED) is 0.473. The van der Waals surface area contributed by atoms with Gasteiger partial charge in [0.25, 0.3) is 0 Å². The zero-order valence-electron chi connectivity index (χ0n) is 13.3. The topological polar surface area (TPSA) is 70.7 Å². The molecule has 0 amide bonds. The van der Waals surface area contributed by atoms with E-state index in [0.717, 1.165) is 16.7 Å². The van der Waals surface area contributed by atoms with Crippen molar-refractivity contribution in [2.75, 3.05) is 5.32 Å². The second kappa shape index (κ2) is 6.78. The fourth-order valence-corrected chi connectivity index (χ4v) is 2.92. The summed E-state index contributed by atoms with van der Waals surface area (Å²) in [5, 5.41) is 4.90. The fraction of sp³-hybridized carbons (Fsp3) is 0. The molecule has 0 saturated heterocycles. The number of halogens is 2. The number of aromatic nitrogens is 3. The molecule has 0 aliphatic carbocycles. The van der Waals surface area contributed by atoms with Crippen LogP contribution < -0.4 is 5.32 Å². The van der Waals surface area contributed by atoms with Gasteiger partial charge in [0, 0.05) is 23.0 Å². The molecule has 0 saturated carbocycles. The lowest BCUT2D eigenvalue weighted by molar-refractivity contribution is 0.103. The number of nitrogens with one attached hydrogen (secondary N) is 2. The van der Waals surface area contributed by atoms with Crippen LogP contribution in [0.3, 0.4) is 0 Å². The normalized spacial score (nSPS) is 10.8. The average Bonchev–Trinajstić information content (AvgIpc) is 3.14. The summed E-state index contributed by atoms with van der Waals surface area (Å²) in [7, 11) is 0. The molecule has 2 heterocycles. The number of ketones is 1. The lowest BCUT2D eigenvalue weighted by atomic mass is 10.0. The maximum absolute atomic E-state index is 12.6. The van der Waals surface area contributed by atoms with Gasteiger partial charge in [0.05, 0.1) is 15.4 Å². The summed E-state index contributed by atoms with van der Waals surface area (Å²) in [4.78, 5) is 24.0. The van der Waals surface area contributed by atoms with E-state index in [2.05, 4.69) is 20.3 Å². The Morgan fingerprint density at radius 1 is 0.923 bits per heavy atom. The second-order valence-electron chi connectivity index (χ2n) is 5.62. The zero-order valence-corrected chi connectivity index (χ0v) is 14.8. The first kappa shape index (κ1) is 16.6. The van der Waals surface area contributed by atoms with Crippen molar-refractivity contribution >= 4 is 51.5 Å². The lowest BCUT2D eigenvalue weighted by Gasteiger charge is -2.08.